The summed E-state index contributed by atoms with van der Waals surface area (Å²) >= 11 is 0. The number of anilines is 1. The van der Waals surface area contributed by atoms with Crippen LogP contribution >= 0.6 is 0 Å². The first-order valence-electron chi connectivity index (χ1n) is 9.07. The number of alkyl halides is 3. The zero-order chi connectivity index (χ0) is 21.4. The number of rotatable bonds is 4. The SMILES string of the molecule is CC(C)(C1CCN(c2ccc(F)nc2)CC1)S(=O)(=O)c1ccc(C(F)(F)F)nc1. The van der Waals surface area contributed by atoms with Crippen LogP contribution < -0.4 is 4.90 Å². The molecule has 1 aliphatic heterocycles. The minimum Gasteiger partial charge on any atom is -0.370 e. The van der Waals surface area contributed by atoms with Crippen molar-refractivity contribution >= 4 is 15.5 Å². The van der Waals surface area contributed by atoms with Gasteiger partial charge in [-0.2, -0.15) is 17.6 Å². The Labute approximate surface area is 166 Å². The van der Waals surface area contributed by atoms with Crippen LogP contribution in [0, 0.1) is 11.9 Å². The third kappa shape index (κ3) is 4.22. The average molecular weight is 431 g/mol. The van der Waals surface area contributed by atoms with Crippen LogP contribution in [0.15, 0.2) is 41.6 Å². The molecule has 0 aromatic carbocycles. The fraction of sp³-hybridized carbons (Fsp3) is 0.474. The summed E-state index contributed by atoms with van der Waals surface area (Å²) in [5.41, 5.74) is -0.368. The topological polar surface area (TPSA) is 63.2 Å². The summed E-state index contributed by atoms with van der Waals surface area (Å²) in [6.07, 6.45) is -1.28. The summed E-state index contributed by atoms with van der Waals surface area (Å²) in [4.78, 5) is 8.70. The van der Waals surface area contributed by atoms with Crippen molar-refractivity contribution in [3.63, 3.8) is 0 Å². The molecule has 2 aromatic rings. The Kier molecular flexibility index (Phi) is 5.59. The van der Waals surface area contributed by atoms with Gasteiger partial charge in [-0.15, -0.1) is 0 Å². The van der Waals surface area contributed by atoms with Gasteiger partial charge in [0, 0.05) is 19.3 Å². The molecule has 1 saturated heterocycles. The second-order valence-corrected chi connectivity index (χ2v) is 10.1. The lowest BCUT2D eigenvalue weighted by atomic mass is 9.85. The Bertz CT molecular complexity index is 950. The van der Waals surface area contributed by atoms with Gasteiger partial charge in [0.05, 0.1) is 21.5 Å². The zero-order valence-electron chi connectivity index (χ0n) is 15.9. The highest BCUT2D eigenvalue weighted by Crippen LogP contribution is 2.39. The first-order valence-corrected chi connectivity index (χ1v) is 10.6. The molecule has 0 bridgehead atoms. The van der Waals surface area contributed by atoms with Gasteiger partial charge < -0.3 is 4.90 Å². The van der Waals surface area contributed by atoms with Crippen LogP contribution in [-0.4, -0.2) is 36.2 Å². The number of hydrogen-bond donors (Lipinski definition) is 0. The van der Waals surface area contributed by atoms with Gasteiger partial charge in [0.15, 0.2) is 9.84 Å². The molecule has 0 aliphatic carbocycles. The van der Waals surface area contributed by atoms with E-state index in [1.807, 2.05) is 4.90 Å². The Morgan fingerprint density at radius 3 is 2.14 bits per heavy atom. The monoisotopic (exact) mass is 431 g/mol. The molecule has 2 aromatic heterocycles. The maximum Gasteiger partial charge on any atom is 0.433 e. The Balaban J connectivity index is 1.75. The molecule has 158 valence electrons. The number of pyridine rings is 2. The van der Waals surface area contributed by atoms with E-state index < -0.39 is 32.4 Å². The first-order chi connectivity index (χ1) is 13.4. The second kappa shape index (κ2) is 7.55. The van der Waals surface area contributed by atoms with E-state index in [0.717, 1.165) is 18.0 Å². The average Bonchev–Trinajstić information content (AvgIpc) is 2.68. The number of hydrogen-bond acceptors (Lipinski definition) is 5. The van der Waals surface area contributed by atoms with Crippen LogP contribution in [0.25, 0.3) is 0 Å². The molecule has 0 radical (unpaired) electrons. The van der Waals surface area contributed by atoms with Crippen LogP contribution in [0.3, 0.4) is 0 Å². The van der Waals surface area contributed by atoms with Crippen LogP contribution in [0.1, 0.15) is 32.4 Å². The number of nitrogens with zero attached hydrogens (tertiary/aromatic N) is 3. The van der Waals surface area contributed by atoms with E-state index in [9.17, 15) is 26.0 Å². The molecular formula is C19H21F4N3O2S. The smallest absolute Gasteiger partial charge is 0.370 e. The van der Waals surface area contributed by atoms with Crippen LogP contribution in [0.2, 0.25) is 0 Å². The van der Waals surface area contributed by atoms with E-state index >= 15 is 0 Å². The minimum absolute atomic E-state index is 0.195. The van der Waals surface area contributed by atoms with E-state index in [2.05, 4.69) is 9.97 Å². The Hall–Kier alpha value is -2.23. The second-order valence-electron chi connectivity index (χ2n) is 7.58. The molecule has 0 unspecified atom stereocenters. The molecule has 3 rings (SSSR count). The van der Waals surface area contributed by atoms with E-state index in [-0.39, 0.29) is 10.8 Å². The Morgan fingerprint density at radius 1 is 1.00 bits per heavy atom. The molecule has 0 atom stereocenters. The predicted molar refractivity (Wildman–Crippen MR) is 99.6 cm³/mol. The van der Waals surface area contributed by atoms with Gasteiger partial charge >= 0.3 is 6.18 Å². The van der Waals surface area contributed by atoms with Crippen molar-refractivity contribution in [3.8, 4) is 0 Å². The largest absolute Gasteiger partial charge is 0.433 e. The highest BCUT2D eigenvalue weighted by Gasteiger charge is 2.44. The lowest BCUT2D eigenvalue weighted by Crippen LogP contribution is -2.46. The molecule has 1 fully saturated rings. The van der Waals surface area contributed by atoms with Gasteiger partial charge in [0.1, 0.15) is 5.69 Å². The van der Waals surface area contributed by atoms with Crippen molar-refractivity contribution in [1.29, 1.82) is 0 Å². The maximum atomic E-state index is 13.1. The van der Waals surface area contributed by atoms with Crippen LogP contribution in [0.4, 0.5) is 23.2 Å². The standard InChI is InChI=1S/C19H21F4N3O2S/c1-18(2,29(27,28)15-4-5-16(24-12-15)19(21,22)23)13-7-9-26(10-8-13)14-3-6-17(20)25-11-14/h3-6,11-13H,7-10H2,1-2H3. The lowest BCUT2D eigenvalue weighted by Gasteiger charge is -2.40. The van der Waals surface area contributed by atoms with E-state index in [1.165, 1.54) is 12.3 Å². The highest BCUT2D eigenvalue weighted by atomic mass is 32.2. The summed E-state index contributed by atoms with van der Waals surface area (Å²) in [6, 6.07) is 4.55. The third-order valence-corrected chi connectivity index (χ3v) is 8.17. The normalized spacial score (nSPS) is 16.8. The summed E-state index contributed by atoms with van der Waals surface area (Å²) in [6.45, 7) is 4.34. The predicted octanol–water partition coefficient (Wildman–Crippen LogP) is 4.10. The van der Waals surface area contributed by atoms with E-state index in [0.29, 0.717) is 32.0 Å². The summed E-state index contributed by atoms with van der Waals surface area (Å²) < 4.78 is 76.1. The molecule has 10 heteroatoms. The van der Waals surface area contributed by atoms with Crippen molar-refractivity contribution in [2.24, 2.45) is 5.92 Å². The fourth-order valence-corrected chi connectivity index (χ4v) is 5.34. The molecule has 1 aliphatic rings. The van der Waals surface area contributed by atoms with Gasteiger partial charge in [-0.1, -0.05) is 0 Å². The fourth-order valence-electron chi connectivity index (χ4n) is 3.62. The maximum absolute atomic E-state index is 13.1. The van der Waals surface area contributed by atoms with Crippen molar-refractivity contribution in [1.82, 2.24) is 9.97 Å². The van der Waals surface area contributed by atoms with Gasteiger partial charge in [0.2, 0.25) is 5.95 Å². The molecule has 0 amide bonds. The number of sulfone groups is 1. The molecule has 0 N–H and O–H groups in total. The minimum atomic E-state index is -4.63. The third-order valence-electron chi connectivity index (χ3n) is 5.58. The highest BCUT2D eigenvalue weighted by molar-refractivity contribution is 7.92. The number of piperidine rings is 1. The summed E-state index contributed by atoms with van der Waals surface area (Å²) in [5.74, 6) is -0.763. The number of aromatic nitrogens is 2. The van der Waals surface area contributed by atoms with Crippen molar-refractivity contribution < 1.29 is 26.0 Å². The first kappa shape index (κ1) is 21.5. The van der Waals surface area contributed by atoms with Gasteiger partial charge in [0.25, 0.3) is 0 Å². The molecular weight excluding hydrogens is 410 g/mol. The van der Waals surface area contributed by atoms with Crippen molar-refractivity contribution in [2.75, 3.05) is 18.0 Å². The molecule has 5 nitrogen and oxygen atoms in total. The van der Waals surface area contributed by atoms with E-state index in [4.69, 9.17) is 0 Å². The zero-order valence-corrected chi connectivity index (χ0v) is 16.8. The van der Waals surface area contributed by atoms with Gasteiger partial charge in [-0.05, 0) is 56.9 Å². The molecule has 0 spiro atoms. The lowest BCUT2D eigenvalue weighted by molar-refractivity contribution is -0.141. The van der Waals surface area contributed by atoms with Gasteiger partial charge in [-0.25, -0.2) is 13.4 Å². The number of halogens is 4. The van der Waals surface area contributed by atoms with Crippen LogP contribution in [-0.2, 0) is 16.0 Å². The molecule has 29 heavy (non-hydrogen) atoms. The molecule has 0 saturated carbocycles. The Morgan fingerprint density at radius 2 is 1.66 bits per heavy atom. The molecule has 3 heterocycles. The van der Waals surface area contributed by atoms with Crippen LogP contribution in [0.5, 0.6) is 0 Å². The quantitative estimate of drug-likeness (QED) is 0.539. The van der Waals surface area contributed by atoms with E-state index in [1.54, 1.807) is 19.9 Å². The van der Waals surface area contributed by atoms with Gasteiger partial charge in [-0.3, -0.25) is 4.98 Å². The van der Waals surface area contributed by atoms with Crippen molar-refractivity contribution in [3.05, 3.63) is 48.3 Å². The summed E-state index contributed by atoms with van der Waals surface area (Å²) in [7, 11) is -3.90. The summed E-state index contributed by atoms with van der Waals surface area (Å²) in [5, 5.41) is 0. The van der Waals surface area contributed by atoms with Crippen molar-refractivity contribution in [2.45, 2.75) is 42.5 Å².